The first-order valence-electron chi connectivity index (χ1n) is 14.4. The van der Waals surface area contributed by atoms with Crippen LogP contribution >= 0.6 is 0 Å². The Morgan fingerprint density at radius 2 is 0.952 bits per heavy atom. The van der Waals surface area contributed by atoms with E-state index in [2.05, 4.69) is 19.1 Å². The number of benzene rings is 5. The average molecular weight is 567 g/mol. The van der Waals surface area contributed by atoms with Crippen LogP contribution in [0.4, 0.5) is 0 Å². The summed E-state index contributed by atoms with van der Waals surface area (Å²) in [6, 6.07) is 29.6. The molecule has 2 N–H and O–H groups in total. The molecule has 0 saturated carbocycles. The molecule has 42 heavy (non-hydrogen) atoms. The van der Waals surface area contributed by atoms with Crippen molar-refractivity contribution in [2.45, 2.75) is 39.4 Å². The van der Waals surface area contributed by atoms with E-state index in [1.807, 2.05) is 92.7 Å². The molecule has 0 heterocycles. The maximum Gasteiger partial charge on any atom is 0.135 e. The summed E-state index contributed by atoms with van der Waals surface area (Å²) >= 11 is 0. The van der Waals surface area contributed by atoms with Gasteiger partial charge in [0.15, 0.2) is 0 Å². The Kier molecular flexibility index (Phi) is 9.47. The fourth-order valence-electron chi connectivity index (χ4n) is 4.94. The molecule has 0 fully saturated rings. The normalized spacial score (nSPS) is 12.7. The van der Waals surface area contributed by atoms with Crippen LogP contribution in [-0.4, -0.2) is 48.8 Å². The third-order valence-electron chi connectivity index (χ3n) is 7.29. The summed E-state index contributed by atoms with van der Waals surface area (Å²) < 4.78 is 24.3. The van der Waals surface area contributed by atoms with Gasteiger partial charge in [0.25, 0.3) is 0 Å². The van der Waals surface area contributed by atoms with E-state index in [0.29, 0.717) is 11.5 Å². The lowest BCUT2D eigenvalue weighted by molar-refractivity contribution is 0.0627. The van der Waals surface area contributed by atoms with E-state index >= 15 is 0 Å². The molecular weight excluding hydrogens is 528 g/mol. The third-order valence-corrected chi connectivity index (χ3v) is 7.29. The predicted octanol–water partition coefficient (Wildman–Crippen LogP) is 6.81. The van der Waals surface area contributed by atoms with Gasteiger partial charge in [-0.1, -0.05) is 79.7 Å². The second-order valence-electron chi connectivity index (χ2n) is 10.5. The highest BCUT2D eigenvalue weighted by atomic mass is 16.5. The number of aryl methyl sites for hydroxylation is 3. The SMILES string of the molecule is CCc1ccc2c(OCC(O)COc3ccccc3C)c3ccccc3c(OCC(O)COc3ccccc3C)c2c1. The largest absolute Gasteiger partial charge is 0.490 e. The van der Waals surface area contributed by atoms with Gasteiger partial charge >= 0.3 is 0 Å². The van der Waals surface area contributed by atoms with Gasteiger partial charge in [0.1, 0.15) is 61.6 Å². The van der Waals surface area contributed by atoms with Crippen molar-refractivity contribution in [3.05, 3.63) is 108 Å². The number of hydrogen-bond donors (Lipinski definition) is 2. The van der Waals surface area contributed by atoms with Crippen LogP contribution in [0.2, 0.25) is 0 Å². The molecule has 0 spiro atoms. The second-order valence-corrected chi connectivity index (χ2v) is 10.5. The van der Waals surface area contributed by atoms with Crippen LogP contribution in [0.1, 0.15) is 23.6 Å². The maximum atomic E-state index is 10.7. The molecule has 0 aliphatic heterocycles. The van der Waals surface area contributed by atoms with Crippen molar-refractivity contribution in [1.29, 1.82) is 0 Å². The average Bonchev–Trinajstić information content (AvgIpc) is 3.01. The van der Waals surface area contributed by atoms with E-state index in [1.165, 1.54) is 0 Å². The second kappa shape index (κ2) is 13.6. The van der Waals surface area contributed by atoms with Crippen molar-refractivity contribution in [1.82, 2.24) is 0 Å². The van der Waals surface area contributed by atoms with Gasteiger partial charge in [0, 0.05) is 21.5 Å². The molecule has 0 amide bonds. The molecule has 5 aromatic rings. The molecule has 6 heteroatoms. The summed E-state index contributed by atoms with van der Waals surface area (Å²) in [5.41, 5.74) is 3.18. The van der Waals surface area contributed by atoms with Gasteiger partial charge in [-0.15, -0.1) is 0 Å². The first-order chi connectivity index (χ1) is 20.4. The van der Waals surface area contributed by atoms with Gasteiger partial charge in [0.2, 0.25) is 0 Å². The van der Waals surface area contributed by atoms with Crippen molar-refractivity contribution in [3.8, 4) is 23.0 Å². The Hall–Kier alpha value is -4.26. The van der Waals surface area contributed by atoms with Crippen LogP contribution in [-0.2, 0) is 6.42 Å². The van der Waals surface area contributed by atoms with Crippen LogP contribution in [0, 0.1) is 13.8 Å². The number of rotatable bonds is 13. The maximum absolute atomic E-state index is 10.7. The van der Waals surface area contributed by atoms with E-state index in [-0.39, 0.29) is 26.4 Å². The topological polar surface area (TPSA) is 77.4 Å². The molecule has 0 aliphatic carbocycles. The Morgan fingerprint density at radius 1 is 0.524 bits per heavy atom. The highest BCUT2D eigenvalue weighted by Crippen LogP contribution is 2.43. The van der Waals surface area contributed by atoms with Gasteiger partial charge in [-0.25, -0.2) is 0 Å². The quantitative estimate of drug-likeness (QED) is 0.153. The molecule has 218 valence electrons. The Bertz CT molecular complexity index is 1650. The van der Waals surface area contributed by atoms with Crippen molar-refractivity contribution >= 4 is 21.5 Å². The fourth-order valence-corrected chi connectivity index (χ4v) is 4.94. The number of ether oxygens (including phenoxy) is 4. The van der Waals surface area contributed by atoms with Crippen LogP contribution in [0.25, 0.3) is 21.5 Å². The highest BCUT2D eigenvalue weighted by molar-refractivity contribution is 6.11. The van der Waals surface area contributed by atoms with Gasteiger partial charge in [-0.2, -0.15) is 0 Å². The number of aliphatic hydroxyl groups excluding tert-OH is 2. The zero-order valence-corrected chi connectivity index (χ0v) is 24.4. The van der Waals surface area contributed by atoms with E-state index in [4.69, 9.17) is 18.9 Å². The minimum atomic E-state index is -0.827. The van der Waals surface area contributed by atoms with Crippen molar-refractivity contribution in [2.24, 2.45) is 0 Å². The number of para-hydroxylation sites is 2. The minimum Gasteiger partial charge on any atom is -0.490 e. The Labute approximate surface area is 247 Å². The first kappa shape index (κ1) is 29.2. The lowest BCUT2D eigenvalue weighted by Gasteiger charge is -2.21. The number of fused-ring (bicyclic) bond motifs is 2. The third kappa shape index (κ3) is 6.78. The zero-order valence-electron chi connectivity index (χ0n) is 24.4. The first-order valence-corrected chi connectivity index (χ1v) is 14.4. The van der Waals surface area contributed by atoms with Crippen LogP contribution in [0.15, 0.2) is 91.0 Å². The predicted molar refractivity (Wildman–Crippen MR) is 167 cm³/mol. The molecule has 6 nitrogen and oxygen atoms in total. The molecule has 0 aromatic heterocycles. The molecule has 0 aliphatic rings. The minimum absolute atomic E-state index is 0.0651. The summed E-state index contributed by atoms with van der Waals surface area (Å²) in [5, 5.41) is 25.0. The lowest BCUT2D eigenvalue weighted by Crippen LogP contribution is -2.26. The summed E-state index contributed by atoms with van der Waals surface area (Å²) in [5.74, 6) is 2.84. The Balaban J connectivity index is 1.37. The number of aliphatic hydroxyl groups is 2. The molecule has 2 unspecified atom stereocenters. The summed E-state index contributed by atoms with van der Waals surface area (Å²) in [4.78, 5) is 0. The van der Waals surface area contributed by atoms with Gasteiger partial charge in [0.05, 0.1) is 0 Å². The van der Waals surface area contributed by atoms with E-state index in [1.54, 1.807) is 0 Å². The van der Waals surface area contributed by atoms with Crippen LogP contribution in [0.3, 0.4) is 0 Å². The fraction of sp³-hybridized carbons (Fsp3) is 0.278. The lowest BCUT2D eigenvalue weighted by atomic mass is 9.98. The molecule has 0 bridgehead atoms. The van der Waals surface area contributed by atoms with Gasteiger partial charge in [-0.3, -0.25) is 0 Å². The van der Waals surface area contributed by atoms with E-state index in [0.717, 1.165) is 56.2 Å². The molecule has 0 saturated heterocycles. The molecule has 5 rings (SSSR count). The van der Waals surface area contributed by atoms with Gasteiger partial charge < -0.3 is 29.2 Å². The molecular formula is C36H38O6. The molecule has 5 aromatic carbocycles. The van der Waals surface area contributed by atoms with Crippen molar-refractivity contribution < 1.29 is 29.2 Å². The van der Waals surface area contributed by atoms with Crippen LogP contribution in [0.5, 0.6) is 23.0 Å². The van der Waals surface area contributed by atoms with Crippen molar-refractivity contribution in [3.63, 3.8) is 0 Å². The number of hydrogen-bond acceptors (Lipinski definition) is 6. The summed E-state index contributed by atoms with van der Waals surface area (Å²) in [7, 11) is 0. The van der Waals surface area contributed by atoms with Gasteiger partial charge in [-0.05, 0) is 55.2 Å². The smallest absolute Gasteiger partial charge is 0.135 e. The Morgan fingerprint density at radius 3 is 1.45 bits per heavy atom. The van der Waals surface area contributed by atoms with Crippen LogP contribution < -0.4 is 18.9 Å². The van der Waals surface area contributed by atoms with E-state index < -0.39 is 12.2 Å². The monoisotopic (exact) mass is 566 g/mol. The zero-order chi connectivity index (χ0) is 29.5. The standard InChI is InChI=1S/C36H38O6/c1-4-26-17-18-31-32(19-26)36(42-23-28(38)21-40-34-16-10-6-12-25(34)3)30-14-8-7-13-29(30)35(31)41-22-27(37)20-39-33-15-9-5-11-24(33)2/h5-19,27-28,37-38H,4,20-23H2,1-3H3. The molecule has 2 atom stereocenters. The summed E-state index contributed by atoms with van der Waals surface area (Å²) in [6.45, 7) is 6.42. The van der Waals surface area contributed by atoms with Crippen molar-refractivity contribution in [2.75, 3.05) is 26.4 Å². The summed E-state index contributed by atoms with van der Waals surface area (Å²) in [6.07, 6.45) is -0.792. The molecule has 0 radical (unpaired) electrons. The van der Waals surface area contributed by atoms with E-state index in [9.17, 15) is 10.2 Å². The highest BCUT2D eigenvalue weighted by Gasteiger charge is 2.19.